The molecule has 4 nitrogen and oxygen atoms in total. The average Bonchev–Trinajstić information content (AvgIpc) is 2.52. The molecule has 1 saturated heterocycles. The summed E-state index contributed by atoms with van der Waals surface area (Å²) in [7, 11) is 1.59. The van der Waals surface area contributed by atoms with Crippen LogP contribution in [0, 0.1) is 5.41 Å². The number of amides is 2. The molecule has 0 unspecified atom stereocenters. The third-order valence-electron chi connectivity index (χ3n) is 3.28. The van der Waals surface area contributed by atoms with Crippen molar-refractivity contribution in [3.05, 3.63) is 28.2 Å². The predicted octanol–water partition coefficient (Wildman–Crippen LogP) is 2.74. The minimum absolute atomic E-state index is 0.107. The first-order valence-electron chi connectivity index (χ1n) is 6.02. The first-order chi connectivity index (χ1) is 8.85. The van der Waals surface area contributed by atoms with Gasteiger partial charge >= 0.3 is 0 Å². The minimum atomic E-state index is -0.583. The van der Waals surface area contributed by atoms with Crippen LogP contribution in [-0.4, -0.2) is 23.8 Å². The molecule has 0 saturated carbocycles. The van der Waals surface area contributed by atoms with E-state index in [9.17, 15) is 9.59 Å². The summed E-state index contributed by atoms with van der Waals surface area (Å²) in [6.07, 6.45) is 0.281. The summed E-state index contributed by atoms with van der Waals surface area (Å²) in [6.45, 7) is 3.91. The number of likely N-dealkylation sites (tertiary alicyclic amines) is 1. The van der Waals surface area contributed by atoms with Gasteiger partial charge in [-0.3, -0.25) is 14.5 Å². The van der Waals surface area contributed by atoms with Crippen molar-refractivity contribution in [1.82, 2.24) is 4.90 Å². The van der Waals surface area contributed by atoms with Crippen molar-refractivity contribution in [3.63, 3.8) is 0 Å². The van der Waals surface area contributed by atoms with Crippen LogP contribution in [0.15, 0.2) is 22.7 Å². The van der Waals surface area contributed by atoms with Crippen molar-refractivity contribution >= 4 is 27.7 Å². The molecule has 1 heterocycles. The SMILES string of the molecule is COc1ccc(CN2C(=O)CC(C)(C)C2=O)cc1Br. The molecule has 1 aliphatic rings. The molecule has 5 heteroatoms. The van der Waals surface area contributed by atoms with Crippen LogP contribution in [0.5, 0.6) is 5.75 Å². The lowest BCUT2D eigenvalue weighted by molar-refractivity contribution is -0.141. The van der Waals surface area contributed by atoms with E-state index in [0.29, 0.717) is 6.54 Å². The molecule has 0 atom stereocenters. The molecule has 2 amide bonds. The van der Waals surface area contributed by atoms with E-state index < -0.39 is 5.41 Å². The molecule has 1 aliphatic heterocycles. The van der Waals surface area contributed by atoms with Crippen LogP contribution in [-0.2, 0) is 16.1 Å². The van der Waals surface area contributed by atoms with Gasteiger partial charge in [-0.15, -0.1) is 0 Å². The molecule has 19 heavy (non-hydrogen) atoms. The number of imide groups is 1. The Labute approximate surface area is 120 Å². The highest BCUT2D eigenvalue weighted by molar-refractivity contribution is 9.10. The summed E-state index contributed by atoms with van der Waals surface area (Å²) in [4.78, 5) is 25.3. The molecule has 0 aromatic heterocycles. The second-order valence-corrected chi connectivity index (χ2v) is 6.17. The summed E-state index contributed by atoms with van der Waals surface area (Å²) in [5.74, 6) is 0.509. The number of hydrogen-bond donors (Lipinski definition) is 0. The van der Waals surface area contributed by atoms with Crippen LogP contribution in [0.4, 0.5) is 0 Å². The van der Waals surface area contributed by atoms with Crippen molar-refractivity contribution in [3.8, 4) is 5.75 Å². The predicted molar refractivity (Wildman–Crippen MR) is 74.6 cm³/mol. The highest BCUT2D eigenvalue weighted by Gasteiger charge is 2.44. The molecular formula is C14H16BrNO3. The van der Waals surface area contributed by atoms with Crippen LogP contribution < -0.4 is 4.74 Å². The van der Waals surface area contributed by atoms with Gasteiger partial charge in [-0.1, -0.05) is 19.9 Å². The Morgan fingerprint density at radius 2 is 2.05 bits per heavy atom. The fraction of sp³-hybridized carbons (Fsp3) is 0.429. The summed E-state index contributed by atoms with van der Waals surface area (Å²) in [5.41, 5.74) is 0.313. The molecule has 1 fully saturated rings. The third kappa shape index (κ3) is 2.66. The minimum Gasteiger partial charge on any atom is -0.496 e. The van der Waals surface area contributed by atoms with Crippen LogP contribution in [0.2, 0.25) is 0 Å². The molecule has 0 spiro atoms. The zero-order valence-electron chi connectivity index (χ0n) is 11.2. The number of benzene rings is 1. The Hall–Kier alpha value is -1.36. The van der Waals surface area contributed by atoms with Gasteiger partial charge in [0.1, 0.15) is 5.75 Å². The van der Waals surface area contributed by atoms with E-state index in [2.05, 4.69) is 15.9 Å². The molecular weight excluding hydrogens is 310 g/mol. The summed E-state index contributed by atoms with van der Waals surface area (Å²) in [5, 5.41) is 0. The van der Waals surface area contributed by atoms with Crippen LogP contribution in [0.25, 0.3) is 0 Å². The molecule has 1 aromatic carbocycles. The highest BCUT2D eigenvalue weighted by atomic mass is 79.9. The van der Waals surface area contributed by atoms with Crippen LogP contribution >= 0.6 is 15.9 Å². The summed E-state index contributed by atoms with van der Waals surface area (Å²) < 4.78 is 5.96. The maximum Gasteiger partial charge on any atom is 0.235 e. The van der Waals surface area contributed by atoms with Crippen molar-refractivity contribution < 1.29 is 14.3 Å². The standard InChI is InChI=1S/C14H16BrNO3/c1-14(2)7-12(17)16(13(14)18)8-9-4-5-11(19-3)10(15)6-9/h4-6H,7-8H2,1-3H3. The second-order valence-electron chi connectivity index (χ2n) is 5.31. The topological polar surface area (TPSA) is 46.6 Å². The third-order valence-corrected chi connectivity index (χ3v) is 3.89. The quantitative estimate of drug-likeness (QED) is 0.803. The molecule has 0 bridgehead atoms. The lowest BCUT2D eigenvalue weighted by atomic mass is 9.92. The second kappa shape index (κ2) is 4.96. The molecule has 0 radical (unpaired) electrons. The molecule has 2 rings (SSSR count). The Morgan fingerprint density at radius 1 is 1.37 bits per heavy atom. The first-order valence-corrected chi connectivity index (χ1v) is 6.81. The monoisotopic (exact) mass is 325 g/mol. The van der Waals surface area contributed by atoms with Gasteiger partial charge in [0.15, 0.2) is 0 Å². The largest absolute Gasteiger partial charge is 0.496 e. The Bertz CT molecular complexity index is 539. The highest BCUT2D eigenvalue weighted by Crippen LogP contribution is 2.33. The molecule has 0 aliphatic carbocycles. The number of rotatable bonds is 3. The molecule has 102 valence electrons. The Morgan fingerprint density at radius 3 is 2.53 bits per heavy atom. The smallest absolute Gasteiger partial charge is 0.235 e. The van der Waals surface area contributed by atoms with Gasteiger partial charge < -0.3 is 4.74 Å². The van der Waals surface area contributed by atoms with Gasteiger partial charge in [-0.2, -0.15) is 0 Å². The van der Waals surface area contributed by atoms with Crippen LogP contribution in [0.1, 0.15) is 25.8 Å². The maximum absolute atomic E-state index is 12.1. The molecule has 0 N–H and O–H groups in total. The van der Waals surface area contributed by atoms with Gasteiger partial charge in [-0.05, 0) is 33.6 Å². The number of halogens is 1. The zero-order valence-corrected chi connectivity index (χ0v) is 12.8. The van der Waals surface area contributed by atoms with E-state index >= 15 is 0 Å². The number of carbonyl (C=O) groups excluding carboxylic acids is 2. The zero-order chi connectivity index (χ0) is 14.2. The van der Waals surface area contributed by atoms with Crippen molar-refractivity contribution in [2.75, 3.05) is 7.11 Å². The lowest BCUT2D eigenvalue weighted by Gasteiger charge is -2.18. The van der Waals surface area contributed by atoms with Gasteiger partial charge in [0.2, 0.25) is 11.8 Å². The number of methoxy groups -OCH3 is 1. The van der Waals surface area contributed by atoms with E-state index in [1.54, 1.807) is 21.0 Å². The van der Waals surface area contributed by atoms with Crippen molar-refractivity contribution in [2.24, 2.45) is 5.41 Å². The molecule has 1 aromatic rings. The normalized spacial score (nSPS) is 18.0. The van der Waals surface area contributed by atoms with E-state index in [0.717, 1.165) is 15.8 Å². The number of nitrogens with zero attached hydrogens (tertiary/aromatic N) is 1. The summed E-state index contributed by atoms with van der Waals surface area (Å²) >= 11 is 3.40. The van der Waals surface area contributed by atoms with Gasteiger partial charge in [0.05, 0.1) is 23.5 Å². The van der Waals surface area contributed by atoms with E-state index in [1.165, 1.54) is 4.90 Å². The lowest BCUT2D eigenvalue weighted by Crippen LogP contribution is -2.32. The number of ether oxygens (including phenoxy) is 1. The van der Waals surface area contributed by atoms with E-state index in [4.69, 9.17) is 4.74 Å². The Balaban J connectivity index is 2.20. The first kappa shape index (κ1) is 14.1. The fourth-order valence-electron chi connectivity index (χ4n) is 2.18. The fourth-order valence-corrected chi connectivity index (χ4v) is 2.77. The number of hydrogen-bond acceptors (Lipinski definition) is 3. The van der Waals surface area contributed by atoms with Crippen molar-refractivity contribution in [2.45, 2.75) is 26.8 Å². The number of carbonyl (C=O) groups is 2. The average molecular weight is 326 g/mol. The summed E-state index contributed by atoms with van der Waals surface area (Å²) in [6, 6.07) is 5.54. The van der Waals surface area contributed by atoms with Gasteiger partial charge in [0, 0.05) is 6.42 Å². The van der Waals surface area contributed by atoms with Crippen LogP contribution in [0.3, 0.4) is 0 Å². The van der Waals surface area contributed by atoms with E-state index in [-0.39, 0.29) is 18.2 Å². The Kier molecular flexibility index (Phi) is 3.67. The van der Waals surface area contributed by atoms with E-state index in [1.807, 2.05) is 18.2 Å². The van der Waals surface area contributed by atoms with Gasteiger partial charge in [0.25, 0.3) is 0 Å². The van der Waals surface area contributed by atoms with Crippen molar-refractivity contribution in [1.29, 1.82) is 0 Å². The van der Waals surface area contributed by atoms with Gasteiger partial charge in [-0.25, -0.2) is 0 Å². The maximum atomic E-state index is 12.1.